The molecule has 1 aromatic carbocycles. The molecule has 0 aliphatic carbocycles. The molecule has 3 aromatic rings. The van der Waals surface area contributed by atoms with Gasteiger partial charge in [0.25, 0.3) is 5.22 Å². The summed E-state index contributed by atoms with van der Waals surface area (Å²) in [6.07, 6.45) is 1.85. The zero-order chi connectivity index (χ0) is 20.3. The summed E-state index contributed by atoms with van der Waals surface area (Å²) < 4.78 is 10.9. The number of aromatic nitrogens is 2. The number of aromatic carboxylic acids is 1. The molecule has 28 heavy (non-hydrogen) atoms. The molecule has 10 heteroatoms. The number of benzene rings is 1. The lowest BCUT2D eigenvalue weighted by Gasteiger charge is -2.02. The van der Waals surface area contributed by atoms with E-state index in [1.54, 1.807) is 12.1 Å². The molecule has 0 fully saturated rings. The Bertz CT molecular complexity index is 1070. The number of carboxylic acids is 2. The van der Waals surface area contributed by atoms with Gasteiger partial charge < -0.3 is 19.0 Å². The zero-order valence-electron chi connectivity index (χ0n) is 14.4. The summed E-state index contributed by atoms with van der Waals surface area (Å²) >= 11 is 6.93. The maximum atomic E-state index is 11.5. The average molecular weight is 421 g/mol. The number of hydrogen-bond acceptors (Lipinski definition) is 7. The second-order valence-electron chi connectivity index (χ2n) is 5.43. The summed E-state index contributed by atoms with van der Waals surface area (Å²) in [6.45, 7) is 1.84. The van der Waals surface area contributed by atoms with Gasteiger partial charge in [0.05, 0.1) is 10.6 Å². The predicted octanol–water partition coefficient (Wildman–Crippen LogP) is 4.46. The van der Waals surface area contributed by atoms with Crippen molar-refractivity contribution in [2.24, 2.45) is 0 Å². The second-order valence-corrected chi connectivity index (χ2v) is 6.83. The molecule has 144 valence electrons. The minimum absolute atomic E-state index is 0.0535. The monoisotopic (exact) mass is 420 g/mol. The molecule has 8 nitrogen and oxygen atoms in total. The Morgan fingerprint density at radius 1 is 1.18 bits per heavy atom. The third kappa shape index (κ3) is 4.44. The van der Waals surface area contributed by atoms with Crippen molar-refractivity contribution in [3.8, 4) is 11.3 Å². The number of carboxylic acid groups (broad SMARTS) is 2. The Kier molecular flexibility index (Phi) is 5.86. The van der Waals surface area contributed by atoms with Crippen molar-refractivity contribution in [2.45, 2.75) is 18.6 Å². The van der Waals surface area contributed by atoms with Gasteiger partial charge in [-0.1, -0.05) is 18.5 Å². The molecule has 0 bridgehead atoms. The van der Waals surface area contributed by atoms with Gasteiger partial charge in [0.1, 0.15) is 16.4 Å². The first kappa shape index (κ1) is 19.7. The van der Waals surface area contributed by atoms with E-state index in [-0.39, 0.29) is 21.5 Å². The number of furan rings is 1. The largest absolute Gasteiger partial charge is 0.478 e. The highest BCUT2D eigenvalue weighted by atomic mass is 35.5. The molecule has 0 spiro atoms. The van der Waals surface area contributed by atoms with Gasteiger partial charge in [0, 0.05) is 18.1 Å². The van der Waals surface area contributed by atoms with Gasteiger partial charge in [-0.15, -0.1) is 10.2 Å². The predicted molar refractivity (Wildman–Crippen MR) is 101 cm³/mol. The quantitative estimate of drug-likeness (QED) is 0.420. The molecular formula is C18H13ClN2O6S. The minimum atomic E-state index is -1.19. The van der Waals surface area contributed by atoms with Gasteiger partial charge in [0.15, 0.2) is 0 Å². The molecule has 0 radical (unpaired) electrons. The minimum Gasteiger partial charge on any atom is -0.478 e. The number of hydrogen-bond donors (Lipinski definition) is 2. The molecule has 3 rings (SSSR count). The zero-order valence-corrected chi connectivity index (χ0v) is 16.0. The third-order valence-corrected chi connectivity index (χ3v) is 4.72. The molecule has 2 aromatic heterocycles. The lowest BCUT2D eigenvalue weighted by Crippen LogP contribution is -1.96. The Morgan fingerprint density at radius 2 is 1.96 bits per heavy atom. The number of rotatable bonds is 7. The highest BCUT2D eigenvalue weighted by molar-refractivity contribution is 8.03. The summed E-state index contributed by atoms with van der Waals surface area (Å²) in [6, 6.07) is 7.34. The van der Waals surface area contributed by atoms with Crippen molar-refractivity contribution in [1.29, 1.82) is 0 Å². The van der Waals surface area contributed by atoms with E-state index in [2.05, 4.69) is 10.2 Å². The summed E-state index contributed by atoms with van der Waals surface area (Å²) in [5.41, 5.74) is 0.438. The van der Waals surface area contributed by atoms with Gasteiger partial charge in [-0.2, -0.15) is 0 Å². The van der Waals surface area contributed by atoms with Crippen molar-refractivity contribution in [3.63, 3.8) is 0 Å². The van der Waals surface area contributed by atoms with Crippen LogP contribution in [0.15, 0.2) is 49.3 Å². The second kappa shape index (κ2) is 8.32. The summed E-state index contributed by atoms with van der Waals surface area (Å²) in [4.78, 5) is 22.6. The average Bonchev–Trinajstić information content (AvgIpc) is 3.30. The van der Waals surface area contributed by atoms with Crippen LogP contribution in [0.25, 0.3) is 17.4 Å². The topological polar surface area (TPSA) is 127 Å². The van der Waals surface area contributed by atoms with E-state index in [0.29, 0.717) is 28.7 Å². The van der Waals surface area contributed by atoms with Crippen LogP contribution in [0.2, 0.25) is 5.02 Å². The summed E-state index contributed by atoms with van der Waals surface area (Å²) in [7, 11) is 0. The van der Waals surface area contributed by atoms with Crippen molar-refractivity contribution in [1.82, 2.24) is 10.2 Å². The normalized spacial score (nSPS) is 11.6. The van der Waals surface area contributed by atoms with Crippen LogP contribution >= 0.6 is 23.4 Å². The molecule has 0 aliphatic heterocycles. The van der Waals surface area contributed by atoms with E-state index in [1.165, 1.54) is 24.3 Å². The SMILES string of the molecule is CCc1nnc(S/C(=C\c2ccc(-c3cc(C(=O)O)ccc3Cl)o2)C(=O)O)o1. The number of aliphatic carboxylic acids is 1. The lowest BCUT2D eigenvalue weighted by molar-refractivity contribution is -0.131. The molecule has 2 heterocycles. The van der Waals surface area contributed by atoms with Crippen LogP contribution in [0.1, 0.15) is 28.9 Å². The van der Waals surface area contributed by atoms with Crippen LogP contribution in [-0.2, 0) is 11.2 Å². The van der Waals surface area contributed by atoms with Crippen LogP contribution in [0.3, 0.4) is 0 Å². The number of halogens is 1. The van der Waals surface area contributed by atoms with E-state index < -0.39 is 11.9 Å². The Morgan fingerprint density at radius 3 is 2.61 bits per heavy atom. The van der Waals surface area contributed by atoms with Gasteiger partial charge in [0.2, 0.25) is 5.89 Å². The molecule has 2 N–H and O–H groups in total. The van der Waals surface area contributed by atoms with Crippen molar-refractivity contribution >= 4 is 41.4 Å². The maximum absolute atomic E-state index is 11.5. The van der Waals surface area contributed by atoms with Crippen LogP contribution in [-0.4, -0.2) is 32.3 Å². The summed E-state index contributed by atoms with van der Waals surface area (Å²) in [5.74, 6) is -1.34. The van der Waals surface area contributed by atoms with Crippen LogP contribution in [0.5, 0.6) is 0 Å². The van der Waals surface area contributed by atoms with Crippen LogP contribution in [0.4, 0.5) is 0 Å². The third-order valence-electron chi connectivity index (χ3n) is 3.54. The van der Waals surface area contributed by atoms with Gasteiger partial charge >= 0.3 is 11.9 Å². The number of thioether (sulfide) groups is 1. The van der Waals surface area contributed by atoms with Crippen LogP contribution < -0.4 is 0 Å². The molecule has 0 aliphatic rings. The highest BCUT2D eigenvalue weighted by Gasteiger charge is 2.17. The number of nitrogens with zero attached hydrogens (tertiary/aromatic N) is 2. The maximum Gasteiger partial charge on any atom is 0.342 e. The Balaban J connectivity index is 1.90. The van der Waals surface area contributed by atoms with Crippen molar-refractivity contribution in [3.05, 3.63) is 57.5 Å². The van der Waals surface area contributed by atoms with Crippen molar-refractivity contribution in [2.75, 3.05) is 0 Å². The standard InChI is InChI=1S/C18H13ClN2O6S/c1-2-15-20-21-18(27-15)28-14(17(24)25)8-10-4-6-13(26-10)11-7-9(16(22)23)3-5-12(11)19/h3-8H,2H2,1H3,(H,22,23)(H,24,25)/b14-8-. The number of aryl methyl sites for hydroxylation is 1. The van der Waals surface area contributed by atoms with E-state index in [0.717, 1.165) is 11.8 Å². The van der Waals surface area contributed by atoms with Crippen LogP contribution in [0, 0.1) is 0 Å². The first-order chi connectivity index (χ1) is 13.4. The van der Waals surface area contributed by atoms with Gasteiger partial charge in [-0.25, -0.2) is 9.59 Å². The fourth-order valence-corrected chi connectivity index (χ4v) is 3.08. The Labute approximate surface area is 167 Å². The smallest absolute Gasteiger partial charge is 0.342 e. The molecule has 0 saturated carbocycles. The van der Waals surface area contributed by atoms with Crippen molar-refractivity contribution < 1.29 is 28.6 Å². The summed E-state index contributed by atoms with van der Waals surface area (Å²) in [5, 5.41) is 26.5. The van der Waals surface area contributed by atoms with Gasteiger partial charge in [-0.05, 0) is 42.1 Å². The molecule has 0 saturated heterocycles. The molecule has 0 amide bonds. The molecule has 0 atom stereocenters. The lowest BCUT2D eigenvalue weighted by atomic mass is 10.1. The van der Waals surface area contributed by atoms with E-state index >= 15 is 0 Å². The Hall–Kier alpha value is -3.04. The van der Waals surface area contributed by atoms with Gasteiger partial charge in [-0.3, -0.25) is 0 Å². The van der Waals surface area contributed by atoms with E-state index in [4.69, 9.17) is 25.5 Å². The number of carbonyl (C=O) groups is 2. The molecular weight excluding hydrogens is 408 g/mol. The fourth-order valence-electron chi connectivity index (χ4n) is 2.20. The highest BCUT2D eigenvalue weighted by Crippen LogP contribution is 2.33. The fraction of sp³-hybridized carbons (Fsp3) is 0.111. The first-order valence-corrected chi connectivity index (χ1v) is 9.15. The van der Waals surface area contributed by atoms with E-state index in [1.807, 2.05) is 6.92 Å². The first-order valence-electron chi connectivity index (χ1n) is 7.95. The van der Waals surface area contributed by atoms with E-state index in [9.17, 15) is 14.7 Å². The molecule has 0 unspecified atom stereocenters.